The van der Waals surface area contributed by atoms with Gasteiger partial charge in [0, 0.05) is 6.07 Å². The van der Waals surface area contributed by atoms with Crippen molar-refractivity contribution in [1.29, 1.82) is 0 Å². The highest BCUT2D eigenvalue weighted by Crippen LogP contribution is 2.55. The predicted octanol–water partition coefficient (Wildman–Crippen LogP) is 6.68. The molecule has 192 valence electrons. The van der Waals surface area contributed by atoms with Crippen LogP contribution in [0.3, 0.4) is 0 Å². The molecule has 0 N–H and O–H groups in total. The van der Waals surface area contributed by atoms with Gasteiger partial charge in [-0.3, -0.25) is 0 Å². The second kappa shape index (κ2) is 8.85. The Bertz CT molecular complexity index is 1290. The van der Waals surface area contributed by atoms with Crippen molar-refractivity contribution in [2.24, 2.45) is 0 Å². The largest absolute Gasteiger partial charge is 0.491 e. The van der Waals surface area contributed by atoms with Crippen LogP contribution < -0.4 is 8.92 Å². The van der Waals surface area contributed by atoms with Crippen LogP contribution in [0.5, 0.6) is 11.5 Å². The highest BCUT2D eigenvalue weighted by atomic mass is 32.2. The molecule has 0 aliphatic rings. The van der Waals surface area contributed by atoms with Crippen molar-refractivity contribution < 1.29 is 56.9 Å². The number of thiophene rings is 2. The van der Waals surface area contributed by atoms with Crippen LogP contribution in [0, 0.1) is 0 Å². The van der Waals surface area contributed by atoms with Crippen LogP contribution in [0.25, 0.3) is 21.1 Å². The highest BCUT2D eigenvalue weighted by molar-refractivity contribution is 7.88. The van der Waals surface area contributed by atoms with Gasteiger partial charge in [-0.1, -0.05) is 12.1 Å². The van der Waals surface area contributed by atoms with E-state index in [9.17, 15) is 47.9 Å². The average Bonchev–Trinajstić information content (AvgIpc) is 3.46. The minimum Gasteiger partial charge on any atom is -0.491 e. The molecule has 0 bridgehead atoms. The summed E-state index contributed by atoms with van der Waals surface area (Å²) in [6.45, 7) is 0. The first-order chi connectivity index (χ1) is 16.0. The molecular weight excluding hydrogens is 561 g/mol. The first-order valence-corrected chi connectivity index (χ1v) is 12.0. The van der Waals surface area contributed by atoms with Gasteiger partial charge in [-0.05, 0) is 22.9 Å². The maximum Gasteiger partial charge on any atom is 0.460 e. The second-order valence-electron chi connectivity index (χ2n) is 6.54. The number of halogens is 9. The summed E-state index contributed by atoms with van der Waals surface area (Å²) in [5, 5.41) is -3.93. The average molecular weight is 571 g/mol. The van der Waals surface area contributed by atoms with Crippen LogP contribution in [0.15, 0.2) is 41.1 Å². The molecule has 3 aromatic rings. The van der Waals surface area contributed by atoms with E-state index in [0.29, 0.717) is 10.9 Å². The van der Waals surface area contributed by atoms with E-state index in [0.717, 1.165) is 29.8 Å². The van der Waals surface area contributed by atoms with Gasteiger partial charge in [-0.15, -0.1) is 22.7 Å². The van der Waals surface area contributed by atoms with Gasteiger partial charge < -0.3 is 8.92 Å². The summed E-state index contributed by atoms with van der Waals surface area (Å²) in [7, 11) is -6.28. The Morgan fingerprint density at radius 3 is 1.86 bits per heavy atom. The van der Waals surface area contributed by atoms with Gasteiger partial charge in [0.2, 0.25) is 0 Å². The van der Waals surface area contributed by atoms with E-state index in [1.54, 1.807) is 10.8 Å². The molecule has 0 saturated heterocycles. The van der Waals surface area contributed by atoms with Gasteiger partial charge in [0.15, 0.2) is 11.5 Å². The fourth-order valence-electron chi connectivity index (χ4n) is 2.59. The van der Waals surface area contributed by atoms with Crippen LogP contribution >= 0.6 is 22.7 Å². The highest BCUT2D eigenvalue weighted by Gasteiger charge is 2.86. The molecule has 0 aliphatic heterocycles. The summed E-state index contributed by atoms with van der Waals surface area (Å²) < 4.78 is 153. The number of nitrogens with zero attached hydrogens (tertiary/aromatic N) is 1. The summed E-state index contributed by atoms with van der Waals surface area (Å²) in [5.41, 5.74) is -0.320. The lowest BCUT2D eigenvalue weighted by Crippen LogP contribution is -2.63. The zero-order chi connectivity index (χ0) is 26.4. The van der Waals surface area contributed by atoms with E-state index in [-0.39, 0.29) is 16.3 Å². The van der Waals surface area contributed by atoms with Gasteiger partial charge in [0.05, 0.1) is 22.6 Å². The summed E-state index contributed by atoms with van der Waals surface area (Å²) in [4.78, 5) is 4.80. The molecule has 3 rings (SSSR count). The molecule has 0 radical (unpaired) electrons. The number of methoxy groups -OCH3 is 1. The van der Waals surface area contributed by atoms with Crippen molar-refractivity contribution in [3.05, 3.63) is 41.1 Å². The fraction of sp³-hybridized carbons (Fsp3) is 0.278. The van der Waals surface area contributed by atoms with Crippen molar-refractivity contribution in [2.45, 2.75) is 23.3 Å². The topological polar surface area (TPSA) is 65.5 Å². The molecule has 0 unspecified atom stereocenters. The molecule has 35 heavy (non-hydrogen) atoms. The Kier molecular flexibility index (Phi) is 6.84. The minimum absolute atomic E-state index is 0.120. The van der Waals surface area contributed by atoms with Crippen LogP contribution in [0.4, 0.5) is 39.5 Å². The first-order valence-electron chi connectivity index (χ1n) is 8.79. The molecule has 0 spiro atoms. The minimum atomic E-state index is -7.44. The quantitative estimate of drug-likeness (QED) is 0.223. The number of rotatable bonds is 8. The van der Waals surface area contributed by atoms with Crippen LogP contribution in [-0.2, 0) is 10.1 Å². The van der Waals surface area contributed by atoms with Crippen molar-refractivity contribution in [3.63, 3.8) is 0 Å². The molecular formula is C18H10F9NO4S3. The third-order valence-corrected chi connectivity index (χ3v) is 7.35. The van der Waals surface area contributed by atoms with E-state index in [2.05, 4.69) is 9.17 Å². The van der Waals surface area contributed by atoms with Gasteiger partial charge in [0.1, 0.15) is 5.69 Å². The summed E-state index contributed by atoms with van der Waals surface area (Å²) in [6, 6.07) is 6.63. The zero-order valence-electron chi connectivity index (χ0n) is 16.7. The number of alkyl halides is 9. The van der Waals surface area contributed by atoms with Crippen molar-refractivity contribution in [1.82, 2.24) is 4.98 Å². The molecule has 0 saturated carbocycles. The van der Waals surface area contributed by atoms with Crippen LogP contribution in [-0.4, -0.2) is 43.8 Å². The van der Waals surface area contributed by atoms with Crippen LogP contribution in [0.1, 0.15) is 0 Å². The SMILES string of the molecule is COc1c(OS(=O)(=O)C(F)(F)C(F)(F)C(F)(F)C(F)(F)F)cc(-c2cccs2)nc1-c1cccs1. The van der Waals surface area contributed by atoms with Crippen molar-refractivity contribution in [2.75, 3.05) is 7.11 Å². The fourth-order valence-corrected chi connectivity index (χ4v) is 4.89. The maximum absolute atomic E-state index is 14.2. The molecule has 5 nitrogen and oxygen atoms in total. The van der Waals surface area contributed by atoms with Crippen molar-refractivity contribution in [3.8, 4) is 32.6 Å². The zero-order valence-corrected chi connectivity index (χ0v) is 19.2. The second-order valence-corrected chi connectivity index (χ2v) is 10.0. The lowest BCUT2D eigenvalue weighted by atomic mass is 10.1. The first kappa shape index (κ1) is 27.1. The number of hydrogen-bond donors (Lipinski definition) is 0. The number of hydrogen-bond acceptors (Lipinski definition) is 7. The van der Waals surface area contributed by atoms with Gasteiger partial charge >= 0.3 is 33.4 Å². The lowest BCUT2D eigenvalue weighted by molar-refractivity contribution is -0.382. The van der Waals surface area contributed by atoms with E-state index in [1.165, 1.54) is 24.3 Å². The summed E-state index contributed by atoms with van der Waals surface area (Å²) >= 11 is 2.06. The standard InChI is InChI=1S/C18H10F9NO4S3/c1-31-14-10(8-9(11-4-2-6-33-11)28-13(14)12-5-3-7-34-12)32-35(29,30)18(26,27)16(21,22)15(19,20)17(23,24)25/h2-8H,1H3. The van der Waals surface area contributed by atoms with Crippen LogP contribution in [0.2, 0.25) is 0 Å². The summed E-state index contributed by atoms with van der Waals surface area (Å²) in [5.74, 6) is -16.7. The Balaban J connectivity index is 2.18. The summed E-state index contributed by atoms with van der Waals surface area (Å²) in [6.07, 6.45) is -7.21. The molecule has 3 heterocycles. The molecule has 0 aromatic carbocycles. The maximum atomic E-state index is 14.2. The van der Waals surface area contributed by atoms with E-state index < -0.39 is 44.9 Å². The number of pyridine rings is 1. The molecule has 3 aromatic heterocycles. The Morgan fingerprint density at radius 2 is 1.40 bits per heavy atom. The molecule has 0 atom stereocenters. The smallest absolute Gasteiger partial charge is 0.460 e. The molecule has 0 amide bonds. The monoisotopic (exact) mass is 571 g/mol. The number of ether oxygens (including phenoxy) is 1. The normalized spacial score (nSPS) is 13.7. The third-order valence-electron chi connectivity index (χ3n) is 4.30. The molecule has 17 heteroatoms. The van der Waals surface area contributed by atoms with Crippen molar-refractivity contribution >= 4 is 32.8 Å². The number of aromatic nitrogens is 1. The Labute approximate surface area is 198 Å². The Morgan fingerprint density at radius 1 is 0.857 bits per heavy atom. The van der Waals surface area contributed by atoms with E-state index >= 15 is 0 Å². The van der Waals surface area contributed by atoms with Gasteiger partial charge in [-0.25, -0.2) is 4.98 Å². The van der Waals surface area contributed by atoms with E-state index in [1.807, 2.05) is 0 Å². The lowest BCUT2D eigenvalue weighted by Gasteiger charge is -2.32. The van der Waals surface area contributed by atoms with Gasteiger partial charge in [-0.2, -0.15) is 47.9 Å². The predicted molar refractivity (Wildman–Crippen MR) is 108 cm³/mol. The molecule has 0 fully saturated rings. The van der Waals surface area contributed by atoms with E-state index in [4.69, 9.17) is 4.74 Å². The Hall–Kier alpha value is -2.53. The van der Waals surface area contributed by atoms with Gasteiger partial charge in [0.25, 0.3) is 0 Å². The third kappa shape index (κ3) is 4.44. The molecule has 0 aliphatic carbocycles.